The molecular formula is C20H23ClN2O2. The lowest BCUT2D eigenvalue weighted by atomic mass is 10.2. The number of benzene rings is 2. The van der Waals surface area contributed by atoms with Gasteiger partial charge in [0.1, 0.15) is 12.4 Å². The SMILES string of the molecule is O=C(NCCNCc1cccc(OCc2ccccc2Cl)c1)C1CC1. The van der Waals surface area contributed by atoms with E-state index in [2.05, 4.69) is 16.7 Å². The topological polar surface area (TPSA) is 50.4 Å². The monoisotopic (exact) mass is 358 g/mol. The lowest BCUT2D eigenvalue weighted by molar-refractivity contribution is -0.122. The molecule has 0 saturated heterocycles. The molecule has 2 aromatic carbocycles. The van der Waals surface area contributed by atoms with Gasteiger partial charge in [0, 0.05) is 36.1 Å². The van der Waals surface area contributed by atoms with E-state index in [1.165, 1.54) is 0 Å². The van der Waals surface area contributed by atoms with Crippen LogP contribution < -0.4 is 15.4 Å². The van der Waals surface area contributed by atoms with Gasteiger partial charge in [-0.1, -0.05) is 41.9 Å². The summed E-state index contributed by atoms with van der Waals surface area (Å²) < 4.78 is 5.84. The Labute approximate surface area is 153 Å². The van der Waals surface area contributed by atoms with Crippen molar-refractivity contribution in [1.29, 1.82) is 0 Å². The highest BCUT2D eigenvalue weighted by atomic mass is 35.5. The Kier molecular flexibility index (Phi) is 6.31. The molecule has 1 aliphatic rings. The van der Waals surface area contributed by atoms with Crippen molar-refractivity contribution in [2.75, 3.05) is 13.1 Å². The number of nitrogens with one attached hydrogen (secondary N) is 2. The Morgan fingerprint density at radius 1 is 1.12 bits per heavy atom. The van der Waals surface area contributed by atoms with Gasteiger partial charge >= 0.3 is 0 Å². The van der Waals surface area contributed by atoms with E-state index in [4.69, 9.17) is 16.3 Å². The highest BCUT2D eigenvalue weighted by Gasteiger charge is 2.28. The minimum absolute atomic E-state index is 0.191. The molecule has 0 aromatic heterocycles. The fraction of sp³-hybridized carbons (Fsp3) is 0.350. The quantitative estimate of drug-likeness (QED) is 0.674. The predicted octanol–water partition coefficient (Wildman–Crippen LogP) is 3.53. The standard InChI is InChI=1S/C20H23ClN2O2/c21-19-7-2-1-5-17(19)14-25-18-6-3-4-15(12-18)13-22-10-11-23-20(24)16-8-9-16/h1-7,12,16,22H,8-11,13-14H2,(H,23,24). The molecule has 0 radical (unpaired) electrons. The third kappa shape index (κ3) is 5.76. The normalized spacial score (nSPS) is 13.5. The van der Waals surface area contributed by atoms with Crippen LogP contribution in [0.1, 0.15) is 24.0 Å². The van der Waals surface area contributed by atoms with E-state index < -0.39 is 0 Å². The van der Waals surface area contributed by atoms with E-state index in [1.807, 2.05) is 42.5 Å². The van der Waals surface area contributed by atoms with Crippen LogP contribution in [-0.4, -0.2) is 19.0 Å². The summed E-state index contributed by atoms with van der Waals surface area (Å²) in [7, 11) is 0. The third-order valence-corrected chi connectivity index (χ3v) is 4.50. The van der Waals surface area contributed by atoms with Crippen molar-refractivity contribution in [3.8, 4) is 5.75 Å². The van der Waals surface area contributed by atoms with Crippen LogP contribution in [0.5, 0.6) is 5.75 Å². The van der Waals surface area contributed by atoms with Crippen LogP contribution in [-0.2, 0) is 17.9 Å². The number of amides is 1. The minimum atomic E-state index is 0.191. The first-order valence-electron chi connectivity index (χ1n) is 8.66. The van der Waals surface area contributed by atoms with Crippen molar-refractivity contribution >= 4 is 17.5 Å². The van der Waals surface area contributed by atoms with Crippen LogP contribution in [0.3, 0.4) is 0 Å². The zero-order valence-electron chi connectivity index (χ0n) is 14.1. The Morgan fingerprint density at radius 3 is 2.76 bits per heavy atom. The van der Waals surface area contributed by atoms with Crippen LogP contribution >= 0.6 is 11.6 Å². The molecule has 0 bridgehead atoms. The van der Waals surface area contributed by atoms with Crippen molar-refractivity contribution in [2.24, 2.45) is 5.92 Å². The average Bonchev–Trinajstić information content (AvgIpc) is 3.46. The van der Waals surface area contributed by atoms with Gasteiger partial charge in [-0.05, 0) is 36.6 Å². The number of ether oxygens (including phenoxy) is 1. The maximum atomic E-state index is 11.5. The van der Waals surface area contributed by atoms with Crippen molar-refractivity contribution in [2.45, 2.75) is 26.0 Å². The molecule has 0 heterocycles. The van der Waals surface area contributed by atoms with Crippen LogP contribution in [0.4, 0.5) is 0 Å². The minimum Gasteiger partial charge on any atom is -0.489 e. The van der Waals surface area contributed by atoms with E-state index in [-0.39, 0.29) is 11.8 Å². The molecule has 0 aliphatic heterocycles. The van der Waals surface area contributed by atoms with Crippen LogP contribution in [0, 0.1) is 5.92 Å². The Hall–Kier alpha value is -2.04. The number of carbonyl (C=O) groups excluding carboxylic acids is 1. The molecular weight excluding hydrogens is 336 g/mol. The van der Waals surface area contributed by atoms with Gasteiger partial charge in [-0.25, -0.2) is 0 Å². The van der Waals surface area contributed by atoms with Gasteiger partial charge < -0.3 is 15.4 Å². The largest absolute Gasteiger partial charge is 0.489 e. The second-order valence-electron chi connectivity index (χ2n) is 6.27. The molecule has 0 atom stereocenters. The van der Waals surface area contributed by atoms with E-state index in [1.54, 1.807) is 0 Å². The number of hydrogen-bond acceptors (Lipinski definition) is 3. The second kappa shape index (κ2) is 8.88. The maximum absolute atomic E-state index is 11.5. The summed E-state index contributed by atoms with van der Waals surface area (Å²) in [5, 5.41) is 7.00. The lowest BCUT2D eigenvalue weighted by Gasteiger charge is -2.10. The maximum Gasteiger partial charge on any atom is 0.223 e. The molecule has 1 fully saturated rings. The van der Waals surface area contributed by atoms with Gasteiger partial charge in [0.15, 0.2) is 0 Å². The smallest absolute Gasteiger partial charge is 0.223 e. The molecule has 25 heavy (non-hydrogen) atoms. The summed E-state index contributed by atoms with van der Waals surface area (Å²) in [6.45, 7) is 2.60. The number of hydrogen-bond donors (Lipinski definition) is 2. The molecule has 2 aromatic rings. The Morgan fingerprint density at radius 2 is 1.96 bits per heavy atom. The lowest BCUT2D eigenvalue weighted by Crippen LogP contribution is -2.32. The zero-order chi connectivity index (χ0) is 17.5. The molecule has 1 amide bonds. The predicted molar refractivity (Wildman–Crippen MR) is 99.7 cm³/mol. The first-order chi connectivity index (χ1) is 12.2. The number of rotatable bonds is 9. The fourth-order valence-electron chi connectivity index (χ4n) is 2.52. The summed E-state index contributed by atoms with van der Waals surface area (Å²) in [6, 6.07) is 15.7. The highest BCUT2D eigenvalue weighted by Crippen LogP contribution is 2.28. The summed E-state index contributed by atoms with van der Waals surface area (Å²) in [4.78, 5) is 11.5. The first-order valence-corrected chi connectivity index (χ1v) is 9.04. The molecule has 132 valence electrons. The van der Waals surface area contributed by atoms with E-state index >= 15 is 0 Å². The van der Waals surface area contributed by atoms with Gasteiger partial charge in [0.2, 0.25) is 5.91 Å². The Balaban J connectivity index is 1.40. The number of halogens is 1. The second-order valence-corrected chi connectivity index (χ2v) is 6.68. The molecule has 4 nitrogen and oxygen atoms in total. The highest BCUT2D eigenvalue weighted by molar-refractivity contribution is 6.31. The molecule has 5 heteroatoms. The van der Waals surface area contributed by atoms with Gasteiger partial charge in [-0.2, -0.15) is 0 Å². The van der Waals surface area contributed by atoms with Crippen LogP contribution in [0.15, 0.2) is 48.5 Å². The van der Waals surface area contributed by atoms with Crippen molar-refractivity contribution in [3.05, 3.63) is 64.7 Å². The van der Waals surface area contributed by atoms with E-state index in [0.717, 1.165) is 42.8 Å². The van der Waals surface area contributed by atoms with Gasteiger partial charge in [-0.3, -0.25) is 4.79 Å². The molecule has 3 rings (SSSR count). The summed E-state index contributed by atoms with van der Waals surface area (Å²) in [6.07, 6.45) is 2.08. The Bertz CT molecular complexity index is 716. The van der Waals surface area contributed by atoms with Crippen molar-refractivity contribution in [3.63, 3.8) is 0 Å². The van der Waals surface area contributed by atoms with Gasteiger partial charge in [0.05, 0.1) is 0 Å². The van der Waals surface area contributed by atoms with Crippen LogP contribution in [0.2, 0.25) is 5.02 Å². The average molecular weight is 359 g/mol. The van der Waals surface area contributed by atoms with Crippen molar-refractivity contribution in [1.82, 2.24) is 10.6 Å². The van der Waals surface area contributed by atoms with Crippen molar-refractivity contribution < 1.29 is 9.53 Å². The molecule has 1 aliphatic carbocycles. The molecule has 0 spiro atoms. The number of carbonyl (C=O) groups is 1. The van der Waals surface area contributed by atoms with Crippen LogP contribution in [0.25, 0.3) is 0 Å². The summed E-state index contributed by atoms with van der Waals surface area (Å²) >= 11 is 6.15. The van der Waals surface area contributed by atoms with Gasteiger partial charge in [0.25, 0.3) is 0 Å². The fourth-order valence-corrected chi connectivity index (χ4v) is 2.71. The molecule has 0 unspecified atom stereocenters. The summed E-state index contributed by atoms with van der Waals surface area (Å²) in [5.74, 6) is 1.28. The zero-order valence-corrected chi connectivity index (χ0v) is 14.9. The third-order valence-electron chi connectivity index (χ3n) is 4.13. The summed E-state index contributed by atoms with van der Waals surface area (Å²) in [5.41, 5.74) is 2.12. The molecule has 1 saturated carbocycles. The van der Waals surface area contributed by atoms with E-state index in [0.29, 0.717) is 18.2 Å². The van der Waals surface area contributed by atoms with E-state index in [9.17, 15) is 4.79 Å². The first kappa shape index (κ1) is 17.8. The van der Waals surface area contributed by atoms with Gasteiger partial charge in [-0.15, -0.1) is 0 Å². The molecule has 2 N–H and O–H groups in total.